The highest BCUT2D eigenvalue weighted by Gasteiger charge is 2.37. The summed E-state index contributed by atoms with van der Waals surface area (Å²) in [6.07, 6.45) is -3.25. The molecule has 0 bridgehead atoms. The van der Waals surface area contributed by atoms with Gasteiger partial charge in [-0.15, -0.1) is 0 Å². The maximum Gasteiger partial charge on any atom is 0.417 e. The Kier molecular flexibility index (Phi) is 7.99. The van der Waals surface area contributed by atoms with E-state index in [-0.39, 0.29) is 17.5 Å². The summed E-state index contributed by atoms with van der Waals surface area (Å²) in [5, 5.41) is -0.306. The summed E-state index contributed by atoms with van der Waals surface area (Å²) in [5.41, 5.74) is 8.12. The fraction of sp³-hybridized carbons (Fsp3) is 0.321. The number of aryl methyl sites for hydroxylation is 1. The molecule has 5 nitrogen and oxygen atoms in total. The van der Waals surface area contributed by atoms with Gasteiger partial charge in [-0.3, -0.25) is 9.69 Å². The summed E-state index contributed by atoms with van der Waals surface area (Å²) in [5.74, 6) is 0.613. The molecule has 3 aromatic carbocycles. The molecule has 1 heterocycles. The number of alkyl halides is 3. The summed E-state index contributed by atoms with van der Waals surface area (Å²) in [6.45, 7) is 0.520. The average molecular weight is 533 g/mol. The van der Waals surface area contributed by atoms with E-state index in [9.17, 15) is 18.0 Å². The highest BCUT2D eigenvalue weighted by molar-refractivity contribution is 6.32. The molecule has 0 fully saturated rings. The molecule has 9 heteroatoms. The maximum atomic E-state index is 13.5. The monoisotopic (exact) mass is 532 g/mol. The highest BCUT2D eigenvalue weighted by atomic mass is 35.5. The van der Waals surface area contributed by atoms with Gasteiger partial charge in [0.2, 0.25) is 5.91 Å². The van der Waals surface area contributed by atoms with Crippen molar-refractivity contribution < 1.29 is 27.4 Å². The third kappa shape index (κ3) is 5.55. The number of carbonyl (C=O) groups is 1. The zero-order chi connectivity index (χ0) is 26.7. The van der Waals surface area contributed by atoms with Gasteiger partial charge in [-0.25, -0.2) is 0 Å². The van der Waals surface area contributed by atoms with Crippen molar-refractivity contribution in [3.63, 3.8) is 0 Å². The first-order chi connectivity index (χ1) is 17.7. The Balaban J connectivity index is 1.77. The van der Waals surface area contributed by atoms with Crippen molar-refractivity contribution in [3.05, 3.63) is 93.5 Å². The third-order valence-corrected chi connectivity index (χ3v) is 7.28. The van der Waals surface area contributed by atoms with Gasteiger partial charge in [0.25, 0.3) is 0 Å². The maximum absolute atomic E-state index is 13.5. The van der Waals surface area contributed by atoms with Gasteiger partial charge in [-0.1, -0.05) is 54.1 Å². The molecule has 1 unspecified atom stereocenters. The second-order valence-corrected chi connectivity index (χ2v) is 9.32. The van der Waals surface area contributed by atoms with Gasteiger partial charge in [0.1, 0.15) is 6.04 Å². The van der Waals surface area contributed by atoms with Crippen molar-refractivity contribution in [3.8, 4) is 11.5 Å². The Morgan fingerprint density at radius 3 is 2.38 bits per heavy atom. The SMILES string of the molecule is COc1cc2c(cc1OC)[C@H](CCc1cccc(C(F)(F)F)c1Cl)N(C(C(N)=O)c1ccccc1)CC2. The first-order valence-electron chi connectivity index (χ1n) is 11.8. The molecule has 0 saturated heterocycles. The zero-order valence-electron chi connectivity index (χ0n) is 20.5. The van der Waals surface area contributed by atoms with Crippen LogP contribution >= 0.6 is 11.6 Å². The molecule has 1 amide bonds. The Bertz CT molecular complexity index is 1270. The van der Waals surface area contributed by atoms with Crippen LogP contribution in [0, 0.1) is 0 Å². The van der Waals surface area contributed by atoms with Crippen LogP contribution in [0.15, 0.2) is 60.7 Å². The predicted molar refractivity (Wildman–Crippen MR) is 136 cm³/mol. The van der Waals surface area contributed by atoms with Crippen LogP contribution in [0.3, 0.4) is 0 Å². The Morgan fingerprint density at radius 1 is 1.08 bits per heavy atom. The van der Waals surface area contributed by atoms with E-state index in [4.69, 9.17) is 26.8 Å². The van der Waals surface area contributed by atoms with E-state index < -0.39 is 23.7 Å². The lowest BCUT2D eigenvalue weighted by Crippen LogP contribution is -2.44. The summed E-state index contributed by atoms with van der Waals surface area (Å²) >= 11 is 6.20. The molecule has 0 aliphatic carbocycles. The number of fused-ring (bicyclic) bond motifs is 1. The number of nitrogens with zero attached hydrogens (tertiary/aromatic N) is 1. The molecular weight excluding hydrogens is 505 g/mol. The number of hydrogen-bond acceptors (Lipinski definition) is 4. The first kappa shape index (κ1) is 26.8. The Labute approximate surface area is 218 Å². The molecule has 0 saturated carbocycles. The lowest BCUT2D eigenvalue weighted by Gasteiger charge is -2.41. The fourth-order valence-electron chi connectivity index (χ4n) is 5.12. The van der Waals surface area contributed by atoms with Crippen molar-refractivity contribution in [2.75, 3.05) is 20.8 Å². The topological polar surface area (TPSA) is 64.8 Å². The minimum absolute atomic E-state index is 0.262. The van der Waals surface area contributed by atoms with Gasteiger partial charge < -0.3 is 15.2 Å². The van der Waals surface area contributed by atoms with E-state index in [0.29, 0.717) is 36.4 Å². The highest BCUT2D eigenvalue weighted by Crippen LogP contribution is 2.44. The van der Waals surface area contributed by atoms with Crippen LogP contribution in [0.5, 0.6) is 11.5 Å². The number of ether oxygens (including phenoxy) is 2. The molecule has 37 heavy (non-hydrogen) atoms. The predicted octanol–water partition coefficient (Wildman–Crippen LogP) is 6.13. The fourth-order valence-corrected chi connectivity index (χ4v) is 5.44. The number of primary amides is 1. The van der Waals surface area contributed by atoms with Crippen molar-refractivity contribution in [2.24, 2.45) is 5.73 Å². The quantitative estimate of drug-likeness (QED) is 0.379. The smallest absolute Gasteiger partial charge is 0.417 e. The molecule has 0 aromatic heterocycles. The van der Waals surface area contributed by atoms with Crippen LogP contribution in [0.1, 0.15) is 46.3 Å². The number of amides is 1. The Morgan fingerprint density at radius 2 is 1.76 bits per heavy atom. The molecule has 4 rings (SSSR count). The van der Waals surface area contributed by atoms with Crippen LogP contribution in [-0.2, 0) is 23.8 Å². The molecule has 1 aliphatic heterocycles. The average Bonchev–Trinajstić information content (AvgIpc) is 2.87. The molecule has 0 spiro atoms. The van der Waals surface area contributed by atoms with Crippen LogP contribution in [0.25, 0.3) is 0 Å². The lowest BCUT2D eigenvalue weighted by molar-refractivity contribution is -0.137. The number of methoxy groups -OCH3 is 2. The van der Waals surface area contributed by atoms with Gasteiger partial charge >= 0.3 is 6.18 Å². The molecule has 2 N–H and O–H groups in total. The minimum Gasteiger partial charge on any atom is -0.493 e. The number of carbonyl (C=O) groups excluding carboxylic acids is 1. The summed E-state index contributed by atoms with van der Waals surface area (Å²) in [7, 11) is 3.10. The number of nitrogens with two attached hydrogens (primary N) is 1. The van der Waals surface area contributed by atoms with Crippen molar-refractivity contribution in [1.82, 2.24) is 4.90 Å². The standard InChI is InChI=1S/C28H28ClF3N2O3/c1-36-23-15-19-13-14-34(26(27(33)35)18-7-4-3-5-8-18)22(20(19)16-24(23)37-2)12-11-17-9-6-10-21(25(17)29)28(30,31)32/h3-10,15-16,22,26H,11-14H2,1-2H3,(H2,33,35)/t22-,26?/m0/s1. The molecule has 1 aliphatic rings. The molecular formula is C28H28ClF3N2O3. The molecule has 0 radical (unpaired) electrons. The summed E-state index contributed by atoms with van der Waals surface area (Å²) in [4.78, 5) is 14.8. The number of hydrogen-bond donors (Lipinski definition) is 1. The number of rotatable bonds is 8. The molecule has 196 valence electrons. The normalized spacial score (nSPS) is 16.6. The van der Waals surface area contributed by atoms with Crippen molar-refractivity contribution >= 4 is 17.5 Å². The van der Waals surface area contributed by atoms with Gasteiger partial charge in [0.15, 0.2) is 11.5 Å². The van der Waals surface area contributed by atoms with E-state index >= 15 is 0 Å². The van der Waals surface area contributed by atoms with Gasteiger partial charge in [-0.2, -0.15) is 13.2 Å². The van der Waals surface area contributed by atoms with Crippen LogP contribution < -0.4 is 15.2 Å². The van der Waals surface area contributed by atoms with E-state index in [1.54, 1.807) is 20.3 Å². The van der Waals surface area contributed by atoms with Crippen molar-refractivity contribution in [2.45, 2.75) is 37.5 Å². The second kappa shape index (κ2) is 11.0. The summed E-state index contributed by atoms with van der Waals surface area (Å²) < 4.78 is 51.4. The van der Waals surface area contributed by atoms with Crippen molar-refractivity contribution in [1.29, 1.82) is 0 Å². The molecule has 3 aromatic rings. The molecule has 2 atom stereocenters. The van der Waals surface area contributed by atoms with Gasteiger partial charge in [-0.05, 0) is 59.7 Å². The van der Waals surface area contributed by atoms with E-state index in [0.717, 1.165) is 22.8 Å². The van der Waals surface area contributed by atoms with Crippen LogP contribution in [-0.4, -0.2) is 31.6 Å². The second-order valence-electron chi connectivity index (χ2n) is 8.94. The van der Waals surface area contributed by atoms with Gasteiger partial charge in [0.05, 0.1) is 24.8 Å². The zero-order valence-corrected chi connectivity index (χ0v) is 21.3. The minimum atomic E-state index is -4.55. The first-order valence-corrected chi connectivity index (χ1v) is 12.2. The largest absolute Gasteiger partial charge is 0.493 e. The van der Waals surface area contributed by atoms with Crippen LogP contribution in [0.2, 0.25) is 5.02 Å². The lowest BCUT2D eigenvalue weighted by atomic mass is 9.86. The number of halogens is 4. The summed E-state index contributed by atoms with van der Waals surface area (Å²) in [6, 6.07) is 15.9. The van der Waals surface area contributed by atoms with E-state index in [2.05, 4.69) is 0 Å². The number of benzene rings is 3. The van der Waals surface area contributed by atoms with Crippen LogP contribution in [0.4, 0.5) is 13.2 Å². The third-order valence-electron chi connectivity index (χ3n) is 6.83. The van der Waals surface area contributed by atoms with Gasteiger partial charge in [0, 0.05) is 12.6 Å². The van der Waals surface area contributed by atoms with E-state index in [1.165, 1.54) is 6.07 Å². The van der Waals surface area contributed by atoms with E-state index in [1.807, 2.05) is 47.4 Å². The Hall–Kier alpha value is -3.23.